The monoisotopic (exact) mass is 463 g/mol. The number of aromatic nitrogens is 7. The van der Waals surface area contributed by atoms with E-state index < -0.39 is 0 Å². The number of piperazine rings is 1. The molecule has 1 amide bonds. The number of carbonyl (C=O) groups excluding carboxylic acids is 1. The fourth-order valence-corrected chi connectivity index (χ4v) is 4.66. The van der Waals surface area contributed by atoms with Crippen molar-refractivity contribution >= 4 is 29.3 Å². The van der Waals surface area contributed by atoms with E-state index in [-0.39, 0.29) is 17.9 Å². The zero-order chi connectivity index (χ0) is 23.2. The molecule has 6 heterocycles. The van der Waals surface area contributed by atoms with E-state index in [0.717, 1.165) is 31.6 Å². The van der Waals surface area contributed by atoms with E-state index in [1.54, 1.807) is 23.1 Å². The summed E-state index contributed by atoms with van der Waals surface area (Å²) in [5, 5.41) is 8.59. The van der Waals surface area contributed by atoms with Gasteiger partial charge in [-0.1, -0.05) is 0 Å². The number of furan rings is 1. The summed E-state index contributed by atoms with van der Waals surface area (Å²) in [5.41, 5.74) is 7.25. The molecule has 0 radical (unpaired) electrons. The van der Waals surface area contributed by atoms with Crippen molar-refractivity contribution < 1.29 is 9.21 Å². The minimum atomic E-state index is -0.320. The van der Waals surface area contributed by atoms with Crippen LogP contribution < -0.4 is 15.5 Å². The standard InChI is InChI=1S/C21H25N11O2/c1-28-13-14(12-23-28)29-7-9-30(10-8-29)18(33)15-4-2-6-31(15)20-25-19(22)32-21(26-20)24-17(27-32)16-5-3-11-34-16/h3,5,11-13,15H,2,4,6-10H2,1H3,(H2,22,24,25,26,27)/t15-/m0/s1. The predicted octanol–water partition coefficient (Wildman–Crippen LogP) is 0.413. The van der Waals surface area contributed by atoms with E-state index in [9.17, 15) is 4.79 Å². The molecule has 0 spiro atoms. The van der Waals surface area contributed by atoms with Crippen molar-refractivity contribution in [2.24, 2.45) is 7.05 Å². The Balaban J connectivity index is 1.20. The van der Waals surface area contributed by atoms with Crippen LogP contribution in [0.2, 0.25) is 0 Å². The summed E-state index contributed by atoms with van der Waals surface area (Å²) in [4.78, 5) is 33.0. The molecule has 6 rings (SSSR count). The summed E-state index contributed by atoms with van der Waals surface area (Å²) in [6.07, 6.45) is 7.04. The van der Waals surface area contributed by atoms with E-state index in [1.165, 1.54) is 4.52 Å². The van der Waals surface area contributed by atoms with E-state index in [2.05, 4.69) is 30.0 Å². The van der Waals surface area contributed by atoms with Crippen LogP contribution in [0.4, 0.5) is 17.6 Å². The number of hydrogen-bond acceptors (Lipinski definition) is 10. The molecule has 0 unspecified atom stereocenters. The average molecular weight is 464 g/mol. The van der Waals surface area contributed by atoms with Crippen molar-refractivity contribution in [1.82, 2.24) is 39.2 Å². The van der Waals surface area contributed by atoms with Gasteiger partial charge in [0.25, 0.3) is 5.78 Å². The van der Waals surface area contributed by atoms with Gasteiger partial charge in [0, 0.05) is 46.0 Å². The third kappa shape index (κ3) is 3.49. The average Bonchev–Trinajstić information content (AvgIpc) is 3.65. The number of aryl methyl sites for hydroxylation is 1. The molecule has 0 aromatic carbocycles. The zero-order valence-electron chi connectivity index (χ0n) is 18.8. The third-order valence-corrected chi connectivity index (χ3v) is 6.41. The number of anilines is 3. The minimum absolute atomic E-state index is 0.100. The molecule has 13 nitrogen and oxygen atoms in total. The maximum absolute atomic E-state index is 13.5. The fraction of sp³-hybridized carbons (Fsp3) is 0.429. The highest BCUT2D eigenvalue weighted by Gasteiger charge is 2.37. The highest BCUT2D eigenvalue weighted by molar-refractivity contribution is 5.85. The first kappa shape index (κ1) is 20.4. The summed E-state index contributed by atoms with van der Waals surface area (Å²) >= 11 is 0. The second kappa shape index (κ2) is 8.01. The Kier molecular flexibility index (Phi) is 4.81. The van der Waals surface area contributed by atoms with E-state index in [1.807, 2.05) is 29.2 Å². The van der Waals surface area contributed by atoms with Crippen molar-refractivity contribution in [3.05, 3.63) is 30.8 Å². The first-order chi connectivity index (χ1) is 16.6. The molecule has 0 saturated carbocycles. The van der Waals surface area contributed by atoms with E-state index >= 15 is 0 Å². The maximum atomic E-state index is 13.5. The van der Waals surface area contributed by atoms with Gasteiger partial charge in [0.1, 0.15) is 6.04 Å². The largest absolute Gasteiger partial charge is 0.461 e. The number of nitrogen functional groups attached to an aromatic ring is 1. The van der Waals surface area contributed by atoms with Crippen LogP contribution in [-0.4, -0.2) is 83.9 Å². The lowest BCUT2D eigenvalue weighted by Crippen LogP contribution is -2.54. The summed E-state index contributed by atoms with van der Waals surface area (Å²) in [6.45, 7) is 3.55. The predicted molar refractivity (Wildman–Crippen MR) is 123 cm³/mol. The van der Waals surface area contributed by atoms with Crippen LogP contribution in [0.5, 0.6) is 0 Å². The highest BCUT2D eigenvalue weighted by atomic mass is 16.3. The number of nitrogens with zero attached hydrogens (tertiary/aromatic N) is 10. The van der Waals surface area contributed by atoms with Crippen molar-refractivity contribution in [2.75, 3.05) is 48.3 Å². The van der Waals surface area contributed by atoms with Crippen LogP contribution >= 0.6 is 0 Å². The molecule has 1 atom stereocenters. The van der Waals surface area contributed by atoms with Gasteiger partial charge in [-0.3, -0.25) is 9.48 Å². The molecule has 13 heteroatoms. The molecule has 2 saturated heterocycles. The first-order valence-corrected chi connectivity index (χ1v) is 11.3. The van der Waals surface area contributed by atoms with E-state index in [4.69, 9.17) is 10.2 Å². The molecular weight excluding hydrogens is 438 g/mol. The molecule has 176 valence electrons. The topological polar surface area (TPSA) is 140 Å². The third-order valence-electron chi connectivity index (χ3n) is 6.41. The molecule has 2 N–H and O–H groups in total. The van der Waals surface area contributed by atoms with Crippen molar-refractivity contribution in [3.8, 4) is 11.6 Å². The minimum Gasteiger partial charge on any atom is -0.461 e. The Labute approximate surface area is 194 Å². The molecule has 2 fully saturated rings. The Morgan fingerprint density at radius 1 is 1.15 bits per heavy atom. The van der Waals surface area contributed by atoms with Gasteiger partial charge in [0.05, 0.1) is 18.1 Å². The van der Waals surface area contributed by atoms with Crippen LogP contribution in [0.25, 0.3) is 17.4 Å². The molecule has 4 aromatic heterocycles. The Bertz CT molecular complexity index is 1320. The second-order valence-electron chi connectivity index (χ2n) is 8.54. The number of amides is 1. The van der Waals surface area contributed by atoms with Gasteiger partial charge >= 0.3 is 0 Å². The van der Waals surface area contributed by atoms with Crippen molar-refractivity contribution in [1.29, 1.82) is 0 Å². The van der Waals surface area contributed by atoms with Crippen LogP contribution in [0.3, 0.4) is 0 Å². The summed E-state index contributed by atoms with van der Waals surface area (Å²) in [5.74, 6) is 1.87. The van der Waals surface area contributed by atoms with Gasteiger partial charge in [0.2, 0.25) is 23.6 Å². The molecule has 0 aliphatic carbocycles. The van der Waals surface area contributed by atoms with Gasteiger partial charge in [-0.15, -0.1) is 5.10 Å². The van der Waals surface area contributed by atoms with Crippen LogP contribution in [-0.2, 0) is 11.8 Å². The summed E-state index contributed by atoms with van der Waals surface area (Å²) in [7, 11) is 1.90. The molecule has 2 aliphatic heterocycles. The second-order valence-corrected chi connectivity index (χ2v) is 8.54. The van der Waals surface area contributed by atoms with Gasteiger partial charge in [-0.2, -0.15) is 24.6 Å². The molecule has 0 bridgehead atoms. The Hall–Kier alpha value is -4.16. The lowest BCUT2D eigenvalue weighted by molar-refractivity contribution is -0.132. The molecule has 4 aromatic rings. The number of fused-ring (bicyclic) bond motifs is 1. The van der Waals surface area contributed by atoms with Crippen LogP contribution in [0.1, 0.15) is 12.8 Å². The molecular formula is C21H25N11O2. The van der Waals surface area contributed by atoms with Crippen molar-refractivity contribution in [2.45, 2.75) is 18.9 Å². The normalized spacial score (nSPS) is 18.9. The Morgan fingerprint density at radius 2 is 2.00 bits per heavy atom. The highest BCUT2D eigenvalue weighted by Crippen LogP contribution is 2.26. The number of carbonyl (C=O) groups is 1. The number of rotatable bonds is 4. The fourth-order valence-electron chi connectivity index (χ4n) is 4.66. The number of hydrogen-bond donors (Lipinski definition) is 1. The van der Waals surface area contributed by atoms with E-state index in [0.29, 0.717) is 42.9 Å². The Morgan fingerprint density at radius 3 is 2.74 bits per heavy atom. The molecule has 34 heavy (non-hydrogen) atoms. The van der Waals surface area contributed by atoms with Crippen LogP contribution in [0, 0.1) is 0 Å². The first-order valence-electron chi connectivity index (χ1n) is 11.3. The van der Waals surface area contributed by atoms with Gasteiger partial charge in [-0.25, -0.2) is 0 Å². The SMILES string of the molecule is Cn1cc(N2CCN(C(=O)[C@@H]3CCCN3c3nc(N)n4nc(-c5ccco5)nc4n3)CC2)cn1. The quantitative estimate of drug-likeness (QED) is 0.452. The lowest BCUT2D eigenvalue weighted by atomic mass is 10.1. The molecule has 2 aliphatic rings. The van der Waals surface area contributed by atoms with Gasteiger partial charge < -0.3 is 24.9 Å². The van der Waals surface area contributed by atoms with Crippen LogP contribution in [0.15, 0.2) is 35.2 Å². The summed E-state index contributed by atoms with van der Waals surface area (Å²) in [6, 6.07) is 3.21. The lowest BCUT2D eigenvalue weighted by Gasteiger charge is -2.37. The van der Waals surface area contributed by atoms with Gasteiger partial charge in [-0.05, 0) is 25.0 Å². The van der Waals surface area contributed by atoms with Crippen molar-refractivity contribution in [3.63, 3.8) is 0 Å². The zero-order valence-corrected chi connectivity index (χ0v) is 18.8. The number of nitrogens with two attached hydrogens (primary N) is 1. The van der Waals surface area contributed by atoms with Gasteiger partial charge in [0.15, 0.2) is 5.76 Å². The maximum Gasteiger partial charge on any atom is 0.259 e. The smallest absolute Gasteiger partial charge is 0.259 e. The summed E-state index contributed by atoms with van der Waals surface area (Å²) < 4.78 is 8.55.